The lowest BCUT2D eigenvalue weighted by molar-refractivity contribution is 0.0951. The van der Waals surface area contributed by atoms with Gasteiger partial charge in [0, 0.05) is 18.7 Å². The standard InChI is InChI=1S/C22H28N2O6S/c1-15-7-8-17(13-18(15)24-9-5-6-10-31(24,26)27)22(25)23-14-16-11-19(28-2)21(30-4)20(12-16)29-3/h7-8,11-13H,5-6,9-10,14H2,1-4H3,(H,23,25). The quantitative estimate of drug-likeness (QED) is 0.700. The van der Waals surface area contributed by atoms with Crippen LogP contribution in [-0.2, 0) is 16.6 Å². The van der Waals surface area contributed by atoms with Crippen LogP contribution in [0, 0.1) is 6.92 Å². The minimum absolute atomic E-state index is 0.129. The maximum absolute atomic E-state index is 12.8. The summed E-state index contributed by atoms with van der Waals surface area (Å²) >= 11 is 0. The highest BCUT2D eigenvalue weighted by atomic mass is 32.2. The van der Waals surface area contributed by atoms with Gasteiger partial charge in [-0.2, -0.15) is 0 Å². The van der Waals surface area contributed by atoms with Gasteiger partial charge >= 0.3 is 0 Å². The van der Waals surface area contributed by atoms with Crippen LogP contribution >= 0.6 is 0 Å². The molecule has 0 radical (unpaired) electrons. The van der Waals surface area contributed by atoms with E-state index in [2.05, 4.69) is 5.32 Å². The highest BCUT2D eigenvalue weighted by Crippen LogP contribution is 2.38. The van der Waals surface area contributed by atoms with Crippen molar-refractivity contribution < 1.29 is 27.4 Å². The molecular formula is C22H28N2O6S. The molecule has 1 aliphatic rings. The third kappa shape index (κ3) is 4.87. The first-order chi connectivity index (χ1) is 14.8. The van der Waals surface area contributed by atoms with E-state index in [1.807, 2.05) is 6.92 Å². The number of amides is 1. The molecule has 1 saturated heterocycles. The van der Waals surface area contributed by atoms with Crippen LogP contribution in [0.4, 0.5) is 5.69 Å². The number of nitrogens with one attached hydrogen (secondary N) is 1. The van der Waals surface area contributed by atoms with Gasteiger partial charge in [-0.1, -0.05) is 6.07 Å². The van der Waals surface area contributed by atoms with Crippen LogP contribution in [0.3, 0.4) is 0 Å². The van der Waals surface area contributed by atoms with E-state index in [1.165, 1.54) is 25.6 Å². The van der Waals surface area contributed by atoms with Crippen molar-refractivity contribution in [2.45, 2.75) is 26.3 Å². The van der Waals surface area contributed by atoms with Crippen LogP contribution in [-0.4, -0.2) is 48.0 Å². The van der Waals surface area contributed by atoms with Crippen molar-refractivity contribution in [3.8, 4) is 17.2 Å². The Labute approximate surface area is 183 Å². The molecule has 2 aromatic rings. The van der Waals surface area contributed by atoms with Crippen molar-refractivity contribution in [3.63, 3.8) is 0 Å². The van der Waals surface area contributed by atoms with E-state index in [0.29, 0.717) is 41.5 Å². The molecule has 1 aliphatic heterocycles. The number of sulfonamides is 1. The van der Waals surface area contributed by atoms with Gasteiger partial charge < -0.3 is 19.5 Å². The van der Waals surface area contributed by atoms with Crippen molar-refractivity contribution in [1.29, 1.82) is 0 Å². The van der Waals surface area contributed by atoms with Crippen LogP contribution < -0.4 is 23.8 Å². The molecule has 0 bridgehead atoms. The Morgan fingerprint density at radius 3 is 2.29 bits per heavy atom. The van der Waals surface area contributed by atoms with Crippen LogP contribution in [0.25, 0.3) is 0 Å². The molecule has 8 nitrogen and oxygen atoms in total. The summed E-state index contributed by atoms with van der Waals surface area (Å²) in [5.74, 6) is 1.30. The van der Waals surface area contributed by atoms with Crippen LogP contribution in [0.15, 0.2) is 30.3 Å². The number of methoxy groups -OCH3 is 3. The number of carbonyl (C=O) groups excluding carboxylic acids is 1. The van der Waals surface area contributed by atoms with Crippen LogP contribution in [0.2, 0.25) is 0 Å². The van der Waals surface area contributed by atoms with Crippen molar-refractivity contribution in [2.75, 3.05) is 37.9 Å². The lowest BCUT2D eigenvalue weighted by atomic mass is 10.1. The second kappa shape index (κ2) is 9.47. The molecule has 0 saturated carbocycles. The average Bonchev–Trinajstić information content (AvgIpc) is 2.76. The smallest absolute Gasteiger partial charge is 0.251 e. The molecule has 2 aromatic carbocycles. The molecular weight excluding hydrogens is 420 g/mol. The van der Waals surface area contributed by atoms with E-state index in [-0.39, 0.29) is 18.2 Å². The minimum Gasteiger partial charge on any atom is -0.493 e. The van der Waals surface area contributed by atoms with E-state index >= 15 is 0 Å². The third-order valence-corrected chi connectivity index (χ3v) is 7.12. The number of benzene rings is 2. The Kier molecular flexibility index (Phi) is 6.94. The molecule has 31 heavy (non-hydrogen) atoms. The minimum atomic E-state index is -3.36. The number of ether oxygens (including phenoxy) is 3. The zero-order valence-corrected chi connectivity index (χ0v) is 19.0. The summed E-state index contributed by atoms with van der Waals surface area (Å²) in [6, 6.07) is 8.64. The van der Waals surface area contributed by atoms with Crippen molar-refractivity contribution in [3.05, 3.63) is 47.0 Å². The molecule has 1 heterocycles. The van der Waals surface area contributed by atoms with E-state index < -0.39 is 10.0 Å². The first-order valence-electron chi connectivity index (χ1n) is 9.99. The fourth-order valence-corrected chi connectivity index (χ4v) is 5.29. The van der Waals surface area contributed by atoms with Crippen LogP contribution in [0.5, 0.6) is 17.2 Å². The molecule has 3 rings (SSSR count). The van der Waals surface area contributed by atoms with Gasteiger partial charge in [-0.25, -0.2) is 8.42 Å². The largest absolute Gasteiger partial charge is 0.493 e. The van der Waals surface area contributed by atoms with E-state index in [1.54, 1.807) is 30.3 Å². The number of anilines is 1. The van der Waals surface area contributed by atoms with Gasteiger partial charge in [-0.3, -0.25) is 9.10 Å². The van der Waals surface area contributed by atoms with Gasteiger partial charge in [0.1, 0.15) is 0 Å². The number of rotatable bonds is 7. The molecule has 168 valence electrons. The summed E-state index contributed by atoms with van der Waals surface area (Å²) in [4.78, 5) is 12.8. The summed E-state index contributed by atoms with van der Waals surface area (Å²) in [5.41, 5.74) is 2.54. The summed E-state index contributed by atoms with van der Waals surface area (Å²) in [5, 5.41) is 2.87. The van der Waals surface area contributed by atoms with Crippen molar-refractivity contribution >= 4 is 21.6 Å². The molecule has 0 unspecified atom stereocenters. The van der Waals surface area contributed by atoms with Crippen LogP contribution in [0.1, 0.15) is 34.3 Å². The summed E-state index contributed by atoms with van der Waals surface area (Å²) in [7, 11) is 1.23. The summed E-state index contributed by atoms with van der Waals surface area (Å²) in [6.45, 7) is 2.51. The SMILES string of the molecule is COc1cc(CNC(=O)c2ccc(C)c(N3CCCCS3(=O)=O)c2)cc(OC)c1OC. The van der Waals surface area contributed by atoms with Gasteiger partial charge in [-0.05, 0) is 55.2 Å². The molecule has 0 spiro atoms. The normalized spacial score (nSPS) is 15.3. The molecule has 1 N–H and O–H groups in total. The molecule has 0 aromatic heterocycles. The Bertz CT molecular complexity index is 1040. The molecule has 9 heteroatoms. The highest BCUT2D eigenvalue weighted by molar-refractivity contribution is 7.92. The fraction of sp³-hybridized carbons (Fsp3) is 0.409. The zero-order valence-electron chi connectivity index (χ0n) is 18.2. The first kappa shape index (κ1) is 22.7. The summed E-state index contributed by atoms with van der Waals surface area (Å²) in [6.07, 6.45) is 1.46. The summed E-state index contributed by atoms with van der Waals surface area (Å²) < 4.78 is 42.4. The van der Waals surface area contributed by atoms with Gasteiger partial charge in [0.05, 0.1) is 32.8 Å². The lowest BCUT2D eigenvalue weighted by Crippen LogP contribution is -2.38. The van der Waals surface area contributed by atoms with Crippen molar-refractivity contribution in [1.82, 2.24) is 5.32 Å². The number of carbonyl (C=O) groups is 1. The number of nitrogens with zero attached hydrogens (tertiary/aromatic N) is 1. The van der Waals surface area contributed by atoms with Gasteiger partial charge in [-0.15, -0.1) is 0 Å². The van der Waals surface area contributed by atoms with E-state index in [9.17, 15) is 13.2 Å². The Morgan fingerprint density at radius 1 is 1.03 bits per heavy atom. The predicted molar refractivity (Wildman–Crippen MR) is 119 cm³/mol. The lowest BCUT2D eigenvalue weighted by Gasteiger charge is -2.29. The third-order valence-electron chi connectivity index (χ3n) is 5.27. The predicted octanol–water partition coefficient (Wildman–Crippen LogP) is 2.88. The van der Waals surface area contributed by atoms with E-state index in [0.717, 1.165) is 17.5 Å². The maximum Gasteiger partial charge on any atom is 0.251 e. The second-order valence-corrected chi connectivity index (χ2v) is 9.33. The van der Waals surface area contributed by atoms with E-state index in [4.69, 9.17) is 14.2 Å². The van der Waals surface area contributed by atoms with Gasteiger partial charge in [0.15, 0.2) is 11.5 Å². The highest BCUT2D eigenvalue weighted by Gasteiger charge is 2.27. The van der Waals surface area contributed by atoms with Crippen molar-refractivity contribution in [2.24, 2.45) is 0 Å². The number of hydrogen-bond acceptors (Lipinski definition) is 6. The molecule has 0 atom stereocenters. The molecule has 0 aliphatic carbocycles. The average molecular weight is 449 g/mol. The fourth-order valence-electron chi connectivity index (χ4n) is 3.60. The second-order valence-electron chi connectivity index (χ2n) is 7.31. The number of aryl methyl sites for hydroxylation is 1. The first-order valence-corrected chi connectivity index (χ1v) is 11.6. The Hall–Kier alpha value is -2.94. The van der Waals surface area contributed by atoms with Gasteiger partial charge in [0.25, 0.3) is 5.91 Å². The molecule has 1 amide bonds. The zero-order chi connectivity index (χ0) is 22.6. The Morgan fingerprint density at radius 2 is 1.71 bits per heavy atom. The number of hydrogen-bond donors (Lipinski definition) is 1. The maximum atomic E-state index is 12.8. The topological polar surface area (TPSA) is 94.2 Å². The van der Waals surface area contributed by atoms with Gasteiger partial charge in [0.2, 0.25) is 15.8 Å². The molecule has 1 fully saturated rings. The monoisotopic (exact) mass is 448 g/mol. The Balaban J connectivity index is 1.80.